The molecule has 0 heterocycles. The largest absolute Gasteiger partial charge is 0.416 e. The second-order valence-corrected chi connectivity index (χ2v) is 7.19. The molecule has 4 N–H and O–H groups in total. The highest BCUT2D eigenvalue weighted by molar-refractivity contribution is 6.04. The lowest BCUT2D eigenvalue weighted by Crippen LogP contribution is -2.86. The molecule has 1 fully saturated rings. The van der Waals surface area contributed by atoms with E-state index in [0.717, 1.165) is 25.0 Å². The maximum Gasteiger partial charge on any atom is 0.416 e. The van der Waals surface area contributed by atoms with Gasteiger partial charge in [-0.05, 0) is 44.0 Å². The van der Waals surface area contributed by atoms with Gasteiger partial charge in [-0.1, -0.05) is 24.3 Å². The number of hydrogen-bond acceptors (Lipinski definition) is 2. The Labute approximate surface area is 166 Å². The van der Waals surface area contributed by atoms with Gasteiger partial charge in [-0.3, -0.25) is 9.59 Å². The second kappa shape index (κ2) is 8.65. The normalized spacial score (nSPS) is 14.9. The summed E-state index contributed by atoms with van der Waals surface area (Å²) in [5, 5.41) is 7.25. The minimum atomic E-state index is -4.40. The molecule has 1 aliphatic rings. The van der Waals surface area contributed by atoms with Gasteiger partial charge in [-0.15, -0.1) is 0 Å². The first kappa shape index (κ1) is 20.9. The molecule has 0 spiro atoms. The van der Waals surface area contributed by atoms with E-state index in [0.29, 0.717) is 16.8 Å². The summed E-state index contributed by atoms with van der Waals surface area (Å²) >= 11 is 0. The van der Waals surface area contributed by atoms with Gasteiger partial charge in [0.2, 0.25) is 0 Å². The van der Waals surface area contributed by atoms with Crippen molar-refractivity contribution < 1.29 is 28.1 Å². The quantitative estimate of drug-likeness (QED) is 0.662. The van der Waals surface area contributed by atoms with Crippen molar-refractivity contribution in [2.24, 2.45) is 0 Å². The topological polar surface area (TPSA) is 74.8 Å². The molecule has 0 aromatic heterocycles. The van der Waals surface area contributed by atoms with Crippen LogP contribution in [0.25, 0.3) is 0 Å². The van der Waals surface area contributed by atoms with Crippen molar-refractivity contribution in [3.8, 4) is 0 Å². The van der Waals surface area contributed by atoms with E-state index < -0.39 is 11.7 Å². The van der Waals surface area contributed by atoms with E-state index in [1.807, 2.05) is 0 Å². The number of benzene rings is 2. The fraction of sp³-hybridized carbons (Fsp3) is 0.333. The van der Waals surface area contributed by atoms with Gasteiger partial charge in [-0.25, -0.2) is 0 Å². The van der Waals surface area contributed by atoms with Crippen LogP contribution in [0.4, 0.5) is 18.9 Å². The monoisotopic (exact) mass is 406 g/mol. The molecule has 1 atom stereocenters. The van der Waals surface area contributed by atoms with Crippen molar-refractivity contribution in [3.63, 3.8) is 0 Å². The van der Waals surface area contributed by atoms with Crippen LogP contribution in [0.15, 0.2) is 48.5 Å². The fourth-order valence-corrected chi connectivity index (χ4v) is 2.90. The average molecular weight is 406 g/mol. The number of carbonyl (C=O) groups excluding carboxylic acids is 2. The molecule has 0 bridgehead atoms. The van der Waals surface area contributed by atoms with Gasteiger partial charge in [0.25, 0.3) is 11.8 Å². The van der Waals surface area contributed by atoms with Crippen LogP contribution in [-0.4, -0.2) is 24.4 Å². The van der Waals surface area contributed by atoms with Crippen molar-refractivity contribution in [2.45, 2.75) is 38.0 Å². The fourth-order valence-electron chi connectivity index (χ4n) is 2.90. The van der Waals surface area contributed by atoms with E-state index in [4.69, 9.17) is 0 Å². The first-order valence-electron chi connectivity index (χ1n) is 9.44. The SMILES string of the molecule is C[C@H]([NH2+]CC(=O)Nc1ccccc1C(=O)NC1CC1)c1cccc(C(F)(F)F)c1. The van der Waals surface area contributed by atoms with Crippen molar-refractivity contribution in [2.75, 3.05) is 11.9 Å². The number of amides is 2. The Bertz CT molecular complexity index is 895. The summed E-state index contributed by atoms with van der Waals surface area (Å²) in [5.41, 5.74) is 0.571. The van der Waals surface area contributed by atoms with Crippen LogP contribution in [0.5, 0.6) is 0 Å². The summed E-state index contributed by atoms with van der Waals surface area (Å²) < 4.78 is 38.6. The molecule has 154 valence electrons. The molecule has 2 aromatic carbocycles. The number of halogens is 3. The van der Waals surface area contributed by atoms with Crippen LogP contribution in [-0.2, 0) is 11.0 Å². The average Bonchev–Trinajstić information content (AvgIpc) is 3.50. The first-order valence-corrected chi connectivity index (χ1v) is 9.44. The molecule has 29 heavy (non-hydrogen) atoms. The number of para-hydroxylation sites is 1. The minimum Gasteiger partial charge on any atom is -0.349 e. The molecular formula is C21H23F3N3O2+. The lowest BCUT2D eigenvalue weighted by molar-refractivity contribution is -0.682. The molecule has 0 radical (unpaired) electrons. The molecule has 2 aromatic rings. The summed E-state index contributed by atoms with van der Waals surface area (Å²) in [6, 6.07) is 11.7. The number of carbonyl (C=O) groups is 2. The van der Waals surface area contributed by atoms with Crippen molar-refractivity contribution in [3.05, 3.63) is 65.2 Å². The zero-order valence-corrected chi connectivity index (χ0v) is 15.9. The van der Waals surface area contributed by atoms with E-state index in [1.54, 1.807) is 42.6 Å². The van der Waals surface area contributed by atoms with Crippen LogP contribution in [0.3, 0.4) is 0 Å². The summed E-state index contributed by atoms with van der Waals surface area (Å²) in [5.74, 6) is -0.569. The first-order chi connectivity index (χ1) is 13.7. The zero-order chi connectivity index (χ0) is 21.0. The highest BCUT2D eigenvalue weighted by Gasteiger charge is 2.31. The van der Waals surface area contributed by atoms with Gasteiger partial charge in [0.15, 0.2) is 6.54 Å². The lowest BCUT2D eigenvalue weighted by Gasteiger charge is -2.14. The number of nitrogens with one attached hydrogen (secondary N) is 2. The van der Waals surface area contributed by atoms with Gasteiger partial charge < -0.3 is 16.0 Å². The minimum absolute atomic E-state index is 0.00991. The van der Waals surface area contributed by atoms with E-state index in [-0.39, 0.29) is 30.4 Å². The van der Waals surface area contributed by atoms with Crippen LogP contribution in [0.2, 0.25) is 0 Å². The van der Waals surface area contributed by atoms with Crippen LogP contribution in [0, 0.1) is 0 Å². The molecular weight excluding hydrogens is 383 g/mol. The molecule has 1 aliphatic carbocycles. The van der Waals surface area contributed by atoms with Gasteiger partial charge in [-0.2, -0.15) is 13.2 Å². The molecule has 0 aliphatic heterocycles. The highest BCUT2D eigenvalue weighted by atomic mass is 19.4. The number of quaternary nitrogens is 1. The lowest BCUT2D eigenvalue weighted by atomic mass is 10.0. The Morgan fingerprint density at radius 2 is 1.86 bits per heavy atom. The molecule has 5 nitrogen and oxygen atoms in total. The number of anilines is 1. The van der Waals surface area contributed by atoms with Crippen molar-refractivity contribution in [1.29, 1.82) is 0 Å². The molecule has 1 saturated carbocycles. The number of hydrogen-bond donors (Lipinski definition) is 3. The Balaban J connectivity index is 1.58. The maximum atomic E-state index is 12.9. The highest BCUT2D eigenvalue weighted by Crippen LogP contribution is 2.30. The predicted molar refractivity (Wildman–Crippen MR) is 102 cm³/mol. The summed E-state index contributed by atoms with van der Waals surface area (Å²) in [6.07, 6.45) is -2.48. The third-order valence-electron chi connectivity index (χ3n) is 4.75. The molecule has 8 heteroatoms. The third kappa shape index (κ3) is 5.80. The Hall–Kier alpha value is -2.87. The van der Waals surface area contributed by atoms with Crippen LogP contribution < -0.4 is 16.0 Å². The van der Waals surface area contributed by atoms with E-state index in [9.17, 15) is 22.8 Å². The van der Waals surface area contributed by atoms with Crippen molar-refractivity contribution in [1.82, 2.24) is 5.32 Å². The summed E-state index contributed by atoms with van der Waals surface area (Å²) in [7, 11) is 0. The standard InChI is InChI=1S/C21H22F3N3O2/c1-13(14-5-4-6-15(11-14)21(22,23)24)25-12-19(28)27-18-8-3-2-7-17(18)20(29)26-16-9-10-16/h2-8,11,13,16,25H,9-10,12H2,1H3,(H,26,29)(H,27,28)/p+1/t13-/m0/s1. The van der Waals surface area contributed by atoms with Crippen molar-refractivity contribution >= 4 is 17.5 Å². The predicted octanol–water partition coefficient (Wildman–Crippen LogP) is 2.86. The molecule has 0 saturated heterocycles. The maximum absolute atomic E-state index is 12.9. The molecule has 3 rings (SSSR count). The number of alkyl halides is 3. The molecule has 0 unspecified atom stereocenters. The summed E-state index contributed by atoms with van der Waals surface area (Å²) in [6.45, 7) is 1.75. The second-order valence-electron chi connectivity index (χ2n) is 7.19. The number of rotatable bonds is 7. The Kier molecular flexibility index (Phi) is 6.22. The number of nitrogens with two attached hydrogens (primary N) is 1. The Morgan fingerprint density at radius 3 is 2.55 bits per heavy atom. The van der Waals surface area contributed by atoms with Crippen LogP contribution >= 0.6 is 0 Å². The summed E-state index contributed by atoms with van der Waals surface area (Å²) in [4.78, 5) is 24.6. The van der Waals surface area contributed by atoms with Crippen LogP contribution in [0.1, 0.15) is 47.3 Å². The molecule has 2 amide bonds. The van der Waals surface area contributed by atoms with E-state index in [2.05, 4.69) is 10.6 Å². The van der Waals surface area contributed by atoms with Gasteiger partial charge in [0.05, 0.1) is 16.8 Å². The van der Waals surface area contributed by atoms with Gasteiger partial charge in [0, 0.05) is 11.6 Å². The van der Waals surface area contributed by atoms with E-state index >= 15 is 0 Å². The van der Waals surface area contributed by atoms with Gasteiger partial charge >= 0.3 is 6.18 Å². The smallest absolute Gasteiger partial charge is 0.349 e. The third-order valence-corrected chi connectivity index (χ3v) is 4.75. The zero-order valence-electron chi connectivity index (χ0n) is 15.9. The van der Waals surface area contributed by atoms with E-state index in [1.165, 1.54) is 6.07 Å². The Morgan fingerprint density at radius 1 is 1.14 bits per heavy atom. The van der Waals surface area contributed by atoms with Gasteiger partial charge in [0.1, 0.15) is 6.04 Å².